The number of carbonyl (C=O) groups excluding carboxylic acids is 1. The molecule has 1 aromatic rings. The molecular formula is C14H20FN3O. The molecule has 1 saturated carbocycles. The van der Waals surface area contributed by atoms with Crippen molar-refractivity contribution in [3.8, 4) is 0 Å². The van der Waals surface area contributed by atoms with Gasteiger partial charge in [0.1, 0.15) is 0 Å². The fourth-order valence-corrected chi connectivity index (χ4v) is 2.25. The van der Waals surface area contributed by atoms with Gasteiger partial charge in [-0.15, -0.1) is 0 Å². The monoisotopic (exact) mass is 265 g/mol. The third-order valence-electron chi connectivity index (χ3n) is 3.57. The van der Waals surface area contributed by atoms with E-state index >= 15 is 0 Å². The SMILES string of the molecule is CCNc1nccc(C(=O)N(C)CC2CCC2)c1F. The summed E-state index contributed by atoms with van der Waals surface area (Å²) in [4.78, 5) is 17.7. The Labute approximate surface area is 113 Å². The van der Waals surface area contributed by atoms with Crippen molar-refractivity contribution in [2.24, 2.45) is 5.92 Å². The molecule has 0 saturated heterocycles. The van der Waals surface area contributed by atoms with Gasteiger partial charge in [0.25, 0.3) is 5.91 Å². The average molecular weight is 265 g/mol. The Kier molecular flexibility index (Phi) is 4.35. The van der Waals surface area contributed by atoms with Gasteiger partial charge in [0.15, 0.2) is 11.6 Å². The van der Waals surface area contributed by atoms with E-state index in [1.54, 1.807) is 11.9 Å². The van der Waals surface area contributed by atoms with Crippen molar-refractivity contribution in [2.45, 2.75) is 26.2 Å². The number of nitrogens with zero attached hydrogens (tertiary/aromatic N) is 2. The Balaban J connectivity index is 2.11. The first-order valence-corrected chi connectivity index (χ1v) is 6.77. The van der Waals surface area contributed by atoms with E-state index in [4.69, 9.17) is 0 Å². The van der Waals surface area contributed by atoms with E-state index in [0.29, 0.717) is 19.0 Å². The summed E-state index contributed by atoms with van der Waals surface area (Å²) in [6.07, 6.45) is 5.03. The molecule has 1 aliphatic rings. The lowest BCUT2D eigenvalue weighted by molar-refractivity contribution is 0.0740. The normalized spacial score (nSPS) is 14.9. The van der Waals surface area contributed by atoms with Crippen LogP contribution in [0.4, 0.5) is 10.2 Å². The van der Waals surface area contributed by atoms with Crippen LogP contribution < -0.4 is 5.32 Å². The number of amides is 1. The molecule has 19 heavy (non-hydrogen) atoms. The van der Waals surface area contributed by atoms with E-state index in [2.05, 4.69) is 10.3 Å². The highest BCUT2D eigenvalue weighted by Crippen LogP contribution is 2.27. The zero-order valence-corrected chi connectivity index (χ0v) is 11.4. The van der Waals surface area contributed by atoms with Crippen LogP contribution in [0.1, 0.15) is 36.5 Å². The second kappa shape index (κ2) is 5.99. The summed E-state index contributed by atoms with van der Waals surface area (Å²) in [5.41, 5.74) is 0.0905. The smallest absolute Gasteiger partial charge is 0.256 e. The summed E-state index contributed by atoms with van der Waals surface area (Å²) in [7, 11) is 1.73. The highest BCUT2D eigenvalue weighted by Gasteiger charge is 2.24. The van der Waals surface area contributed by atoms with Gasteiger partial charge in [-0.1, -0.05) is 6.42 Å². The zero-order chi connectivity index (χ0) is 13.8. The topological polar surface area (TPSA) is 45.2 Å². The third-order valence-corrected chi connectivity index (χ3v) is 3.57. The van der Waals surface area contributed by atoms with Gasteiger partial charge in [0, 0.05) is 26.3 Å². The fourth-order valence-electron chi connectivity index (χ4n) is 2.25. The van der Waals surface area contributed by atoms with Crippen molar-refractivity contribution in [1.82, 2.24) is 9.88 Å². The standard InChI is InChI=1S/C14H20FN3O/c1-3-16-13-12(15)11(7-8-17-13)14(19)18(2)9-10-5-4-6-10/h7-8,10H,3-6,9H2,1-2H3,(H,16,17). The first kappa shape index (κ1) is 13.8. The fraction of sp³-hybridized carbons (Fsp3) is 0.571. The van der Waals surface area contributed by atoms with Crippen LogP contribution in [0.5, 0.6) is 0 Å². The van der Waals surface area contributed by atoms with Gasteiger partial charge < -0.3 is 10.2 Å². The molecule has 0 unspecified atom stereocenters. The summed E-state index contributed by atoms with van der Waals surface area (Å²) in [5.74, 6) is -0.113. The predicted molar refractivity (Wildman–Crippen MR) is 72.7 cm³/mol. The summed E-state index contributed by atoms with van der Waals surface area (Å²) < 4.78 is 14.1. The van der Waals surface area contributed by atoms with Gasteiger partial charge >= 0.3 is 0 Å². The zero-order valence-electron chi connectivity index (χ0n) is 11.4. The summed E-state index contributed by atoms with van der Waals surface area (Å²) >= 11 is 0. The van der Waals surface area contributed by atoms with Crippen LogP contribution in [0.2, 0.25) is 0 Å². The van der Waals surface area contributed by atoms with E-state index in [1.807, 2.05) is 6.92 Å². The molecule has 5 heteroatoms. The van der Waals surface area contributed by atoms with Crippen molar-refractivity contribution < 1.29 is 9.18 Å². The van der Waals surface area contributed by atoms with Gasteiger partial charge in [0.2, 0.25) is 0 Å². The number of hydrogen-bond acceptors (Lipinski definition) is 3. The van der Waals surface area contributed by atoms with Crippen LogP contribution in [0.25, 0.3) is 0 Å². The minimum atomic E-state index is -0.560. The van der Waals surface area contributed by atoms with E-state index in [0.717, 1.165) is 0 Å². The molecule has 1 fully saturated rings. The minimum Gasteiger partial charge on any atom is -0.368 e. The predicted octanol–water partition coefficient (Wildman–Crippen LogP) is 2.52. The Morgan fingerprint density at radius 2 is 2.32 bits per heavy atom. The lowest BCUT2D eigenvalue weighted by Gasteiger charge is -2.30. The quantitative estimate of drug-likeness (QED) is 0.889. The number of halogens is 1. The Bertz CT molecular complexity index is 460. The largest absolute Gasteiger partial charge is 0.368 e. The van der Waals surface area contributed by atoms with Crippen LogP contribution >= 0.6 is 0 Å². The van der Waals surface area contributed by atoms with Gasteiger partial charge in [-0.05, 0) is 31.7 Å². The van der Waals surface area contributed by atoms with Crippen molar-refractivity contribution in [2.75, 3.05) is 25.5 Å². The molecule has 1 aliphatic carbocycles. The molecule has 0 radical (unpaired) electrons. The van der Waals surface area contributed by atoms with E-state index in [-0.39, 0.29) is 17.3 Å². The molecule has 2 rings (SSSR count). The molecular weight excluding hydrogens is 245 g/mol. The van der Waals surface area contributed by atoms with Gasteiger partial charge in [0.05, 0.1) is 5.56 Å². The summed E-state index contributed by atoms with van der Waals surface area (Å²) in [6, 6.07) is 1.44. The molecule has 0 spiro atoms. The number of carbonyl (C=O) groups is 1. The number of hydrogen-bond donors (Lipinski definition) is 1. The van der Waals surface area contributed by atoms with Crippen LogP contribution in [0.3, 0.4) is 0 Å². The molecule has 0 aromatic carbocycles. The summed E-state index contributed by atoms with van der Waals surface area (Å²) in [6.45, 7) is 3.13. The molecule has 0 bridgehead atoms. The van der Waals surface area contributed by atoms with Gasteiger partial charge in [-0.25, -0.2) is 9.37 Å². The van der Waals surface area contributed by atoms with E-state index in [9.17, 15) is 9.18 Å². The Morgan fingerprint density at radius 1 is 1.58 bits per heavy atom. The van der Waals surface area contributed by atoms with Crippen molar-refractivity contribution in [3.63, 3.8) is 0 Å². The maximum atomic E-state index is 14.1. The maximum absolute atomic E-state index is 14.1. The lowest BCUT2D eigenvalue weighted by atomic mass is 9.85. The molecule has 1 N–H and O–H groups in total. The van der Waals surface area contributed by atoms with Crippen molar-refractivity contribution >= 4 is 11.7 Å². The molecule has 4 nitrogen and oxygen atoms in total. The lowest BCUT2D eigenvalue weighted by Crippen LogP contribution is -2.34. The van der Waals surface area contributed by atoms with E-state index < -0.39 is 5.82 Å². The van der Waals surface area contributed by atoms with Gasteiger partial charge in [-0.3, -0.25) is 4.79 Å². The molecule has 0 atom stereocenters. The number of nitrogens with one attached hydrogen (secondary N) is 1. The summed E-state index contributed by atoms with van der Waals surface area (Å²) in [5, 5.41) is 2.82. The highest BCUT2D eigenvalue weighted by atomic mass is 19.1. The van der Waals surface area contributed by atoms with Crippen LogP contribution in [-0.4, -0.2) is 35.9 Å². The minimum absolute atomic E-state index is 0.0905. The maximum Gasteiger partial charge on any atom is 0.256 e. The first-order chi connectivity index (χ1) is 9.13. The van der Waals surface area contributed by atoms with Crippen LogP contribution in [0.15, 0.2) is 12.3 Å². The van der Waals surface area contributed by atoms with E-state index in [1.165, 1.54) is 31.5 Å². The third kappa shape index (κ3) is 3.03. The van der Waals surface area contributed by atoms with Crippen molar-refractivity contribution in [1.29, 1.82) is 0 Å². The average Bonchev–Trinajstić information content (AvgIpc) is 2.35. The Hall–Kier alpha value is -1.65. The first-order valence-electron chi connectivity index (χ1n) is 6.77. The molecule has 104 valence electrons. The number of rotatable bonds is 5. The van der Waals surface area contributed by atoms with Gasteiger partial charge in [-0.2, -0.15) is 0 Å². The van der Waals surface area contributed by atoms with Crippen molar-refractivity contribution in [3.05, 3.63) is 23.6 Å². The Morgan fingerprint density at radius 3 is 2.89 bits per heavy atom. The second-order valence-electron chi connectivity index (χ2n) is 5.03. The number of anilines is 1. The van der Waals surface area contributed by atoms with Crippen LogP contribution in [-0.2, 0) is 0 Å². The molecule has 0 aliphatic heterocycles. The highest BCUT2D eigenvalue weighted by molar-refractivity contribution is 5.95. The molecule has 1 heterocycles. The number of pyridine rings is 1. The molecule has 1 amide bonds. The number of aromatic nitrogens is 1. The molecule has 1 aromatic heterocycles. The second-order valence-corrected chi connectivity index (χ2v) is 5.03. The van der Waals surface area contributed by atoms with Crippen LogP contribution in [0, 0.1) is 11.7 Å².